The van der Waals surface area contributed by atoms with Gasteiger partial charge in [-0.05, 0) is 78.4 Å². The Morgan fingerprint density at radius 3 is 2.03 bits per heavy atom. The van der Waals surface area contributed by atoms with Crippen LogP contribution in [-0.4, -0.2) is 0 Å². The summed E-state index contributed by atoms with van der Waals surface area (Å²) in [6.07, 6.45) is 3.86. The largest absolute Gasteiger partial charge is 0.205 e. The number of benzene rings is 4. The van der Waals surface area contributed by atoms with Gasteiger partial charge >= 0.3 is 0 Å². The Kier molecular flexibility index (Phi) is 6.66. The maximum atomic E-state index is 15.0. The highest BCUT2D eigenvalue weighted by Gasteiger charge is 2.06. The first-order valence-electron chi connectivity index (χ1n) is 10.6. The van der Waals surface area contributed by atoms with Crippen molar-refractivity contribution in [3.63, 3.8) is 0 Å². The van der Waals surface area contributed by atoms with Gasteiger partial charge in [0, 0.05) is 22.1 Å². The Labute approximate surface area is 193 Å². The molecule has 4 aromatic carbocycles. The number of aryl methyl sites for hydroxylation is 1. The standard InChI is InChI=1S/C31H20FN/c1-2-3-4-23-5-7-24(8-6-23)9-12-26-16-20-30-29(21-26)19-18-28(31(30)32)17-15-25-10-13-27(22-33)14-11-25/h2,5-8,10-11,13-14,16,18-21H,1,3-4H2. The number of hydrogen-bond donors (Lipinski definition) is 0. The molecule has 0 aliphatic rings. The van der Waals surface area contributed by atoms with E-state index in [1.54, 1.807) is 36.4 Å². The van der Waals surface area contributed by atoms with Crippen LogP contribution in [0.1, 0.15) is 39.8 Å². The Bertz CT molecular complexity index is 1480. The highest BCUT2D eigenvalue weighted by Crippen LogP contribution is 2.22. The van der Waals surface area contributed by atoms with Gasteiger partial charge in [-0.3, -0.25) is 0 Å². The fourth-order valence-electron chi connectivity index (χ4n) is 3.40. The molecule has 0 heterocycles. The summed E-state index contributed by atoms with van der Waals surface area (Å²) in [6.45, 7) is 3.75. The summed E-state index contributed by atoms with van der Waals surface area (Å²) in [6, 6.07) is 26.2. The fraction of sp³-hybridized carbons (Fsp3) is 0.0645. The Hall–Kier alpha value is -4.58. The average molecular weight is 426 g/mol. The third-order valence-electron chi connectivity index (χ3n) is 5.25. The number of nitriles is 1. The summed E-state index contributed by atoms with van der Waals surface area (Å²) in [4.78, 5) is 0. The van der Waals surface area contributed by atoms with Crippen molar-refractivity contribution in [1.82, 2.24) is 0 Å². The van der Waals surface area contributed by atoms with Crippen LogP contribution in [0.3, 0.4) is 0 Å². The van der Waals surface area contributed by atoms with Crippen molar-refractivity contribution < 1.29 is 4.39 Å². The Morgan fingerprint density at radius 1 is 0.727 bits per heavy atom. The Morgan fingerprint density at radius 2 is 1.33 bits per heavy atom. The van der Waals surface area contributed by atoms with E-state index in [1.807, 2.05) is 36.4 Å². The number of fused-ring (bicyclic) bond motifs is 1. The maximum Gasteiger partial charge on any atom is 0.146 e. The molecular weight excluding hydrogens is 405 g/mol. The van der Waals surface area contributed by atoms with Crippen LogP contribution in [0.15, 0.2) is 91.5 Å². The van der Waals surface area contributed by atoms with Gasteiger partial charge in [0.1, 0.15) is 5.82 Å². The van der Waals surface area contributed by atoms with Gasteiger partial charge in [-0.2, -0.15) is 5.26 Å². The van der Waals surface area contributed by atoms with E-state index < -0.39 is 0 Å². The molecular formula is C31H20FN. The summed E-state index contributed by atoms with van der Waals surface area (Å²) in [5.74, 6) is 11.8. The molecule has 0 spiro atoms. The molecule has 0 atom stereocenters. The molecule has 4 rings (SSSR count). The summed E-state index contributed by atoms with van der Waals surface area (Å²) in [5, 5.41) is 10.2. The SMILES string of the molecule is C=CCCc1ccc(C#Cc2ccc3c(F)c(C#Cc4ccc(C#N)cc4)ccc3c2)cc1. The predicted molar refractivity (Wildman–Crippen MR) is 132 cm³/mol. The van der Waals surface area contributed by atoms with Gasteiger partial charge in [0.15, 0.2) is 0 Å². The molecule has 0 saturated heterocycles. The van der Waals surface area contributed by atoms with Gasteiger partial charge in [0.2, 0.25) is 0 Å². The molecule has 0 aromatic heterocycles. The van der Waals surface area contributed by atoms with Crippen molar-refractivity contribution in [3.8, 4) is 29.8 Å². The zero-order valence-corrected chi connectivity index (χ0v) is 18.0. The van der Waals surface area contributed by atoms with E-state index in [0.29, 0.717) is 16.5 Å². The molecule has 2 heteroatoms. The average Bonchev–Trinajstić information content (AvgIpc) is 2.86. The van der Waals surface area contributed by atoms with Gasteiger partial charge in [-0.1, -0.05) is 54.0 Å². The van der Waals surface area contributed by atoms with Crippen LogP contribution < -0.4 is 0 Å². The highest BCUT2D eigenvalue weighted by molar-refractivity contribution is 5.86. The zero-order valence-electron chi connectivity index (χ0n) is 18.0. The molecule has 0 unspecified atom stereocenters. The number of hydrogen-bond acceptors (Lipinski definition) is 1. The number of allylic oxidation sites excluding steroid dienone is 1. The third-order valence-corrected chi connectivity index (χ3v) is 5.25. The first-order chi connectivity index (χ1) is 16.2. The smallest absolute Gasteiger partial charge is 0.146 e. The number of halogens is 1. The lowest BCUT2D eigenvalue weighted by Gasteiger charge is -2.03. The molecule has 33 heavy (non-hydrogen) atoms. The molecule has 0 radical (unpaired) electrons. The predicted octanol–water partition coefficient (Wildman–Crippen LogP) is 6.77. The topological polar surface area (TPSA) is 23.8 Å². The van der Waals surface area contributed by atoms with Crippen molar-refractivity contribution in [2.45, 2.75) is 12.8 Å². The van der Waals surface area contributed by atoms with Gasteiger partial charge in [0.25, 0.3) is 0 Å². The van der Waals surface area contributed by atoms with Crippen LogP contribution in [0, 0.1) is 40.8 Å². The van der Waals surface area contributed by atoms with Crippen LogP contribution in [-0.2, 0) is 6.42 Å². The summed E-state index contributed by atoms with van der Waals surface area (Å²) >= 11 is 0. The fourth-order valence-corrected chi connectivity index (χ4v) is 3.40. The van der Waals surface area contributed by atoms with Crippen molar-refractivity contribution in [2.24, 2.45) is 0 Å². The van der Waals surface area contributed by atoms with Gasteiger partial charge < -0.3 is 0 Å². The third kappa shape index (κ3) is 5.37. The zero-order chi connectivity index (χ0) is 23.0. The maximum absolute atomic E-state index is 15.0. The molecule has 0 fully saturated rings. The first-order valence-corrected chi connectivity index (χ1v) is 10.6. The van der Waals surface area contributed by atoms with E-state index in [4.69, 9.17) is 5.26 Å². The van der Waals surface area contributed by atoms with Crippen LogP contribution >= 0.6 is 0 Å². The summed E-state index contributed by atoms with van der Waals surface area (Å²) < 4.78 is 15.0. The molecule has 0 N–H and O–H groups in total. The van der Waals surface area contributed by atoms with E-state index in [2.05, 4.69) is 48.5 Å². The van der Waals surface area contributed by atoms with Gasteiger partial charge in [-0.15, -0.1) is 6.58 Å². The minimum absolute atomic E-state index is 0.335. The second-order valence-corrected chi connectivity index (χ2v) is 7.58. The molecule has 1 nitrogen and oxygen atoms in total. The van der Waals surface area contributed by atoms with Crippen LogP contribution in [0.25, 0.3) is 10.8 Å². The van der Waals surface area contributed by atoms with E-state index in [9.17, 15) is 0 Å². The highest BCUT2D eigenvalue weighted by atomic mass is 19.1. The minimum Gasteiger partial charge on any atom is -0.205 e. The molecule has 0 aliphatic carbocycles. The quantitative estimate of drug-likeness (QED) is 0.262. The van der Waals surface area contributed by atoms with Crippen LogP contribution in [0.4, 0.5) is 4.39 Å². The van der Waals surface area contributed by atoms with Crippen molar-refractivity contribution >= 4 is 10.8 Å². The summed E-state index contributed by atoms with van der Waals surface area (Å²) in [5.41, 5.74) is 4.66. The van der Waals surface area contributed by atoms with Crippen molar-refractivity contribution in [2.75, 3.05) is 0 Å². The number of nitrogens with zero attached hydrogens (tertiary/aromatic N) is 1. The Balaban J connectivity index is 1.55. The van der Waals surface area contributed by atoms with Crippen LogP contribution in [0.5, 0.6) is 0 Å². The molecule has 156 valence electrons. The van der Waals surface area contributed by atoms with Gasteiger partial charge in [-0.25, -0.2) is 4.39 Å². The lowest BCUT2D eigenvalue weighted by Crippen LogP contribution is -1.88. The van der Waals surface area contributed by atoms with E-state index >= 15 is 4.39 Å². The first kappa shape index (κ1) is 21.6. The molecule has 0 bridgehead atoms. The molecule has 0 saturated carbocycles. The molecule has 0 amide bonds. The van der Waals surface area contributed by atoms with Gasteiger partial charge in [0.05, 0.1) is 17.2 Å². The monoisotopic (exact) mass is 425 g/mol. The van der Waals surface area contributed by atoms with E-state index in [-0.39, 0.29) is 5.82 Å². The second kappa shape index (κ2) is 10.2. The number of rotatable bonds is 3. The molecule has 0 aliphatic heterocycles. The minimum atomic E-state index is -0.344. The van der Waals surface area contributed by atoms with Crippen LogP contribution in [0.2, 0.25) is 0 Å². The lowest BCUT2D eigenvalue weighted by molar-refractivity contribution is 0.636. The van der Waals surface area contributed by atoms with Crippen molar-refractivity contribution in [1.29, 1.82) is 5.26 Å². The second-order valence-electron chi connectivity index (χ2n) is 7.58. The summed E-state index contributed by atoms with van der Waals surface area (Å²) in [7, 11) is 0. The van der Waals surface area contributed by atoms with Crippen molar-refractivity contribution in [3.05, 3.63) is 131 Å². The molecule has 4 aromatic rings. The van der Waals surface area contributed by atoms with E-state index in [0.717, 1.165) is 34.9 Å². The van der Waals surface area contributed by atoms with E-state index in [1.165, 1.54) is 5.56 Å². The lowest BCUT2D eigenvalue weighted by atomic mass is 10.0. The normalized spacial score (nSPS) is 9.82.